The van der Waals surface area contributed by atoms with E-state index in [4.69, 9.17) is 0 Å². The highest BCUT2D eigenvalue weighted by atomic mass is 15.2. The minimum Gasteiger partial charge on any atom is -0.329 e. The molecule has 146 valence electrons. The zero-order valence-electron chi connectivity index (χ0n) is 16.8. The molecular formula is C25H26N4. The van der Waals surface area contributed by atoms with Gasteiger partial charge in [-0.05, 0) is 35.7 Å². The van der Waals surface area contributed by atoms with Crippen molar-refractivity contribution in [1.29, 1.82) is 0 Å². The molecule has 0 saturated heterocycles. The summed E-state index contributed by atoms with van der Waals surface area (Å²) in [5, 5.41) is 0. The lowest BCUT2D eigenvalue weighted by Crippen LogP contribution is -2.24. The first kappa shape index (κ1) is 19.1. The molecule has 4 nitrogen and oxygen atoms in total. The quantitative estimate of drug-likeness (QED) is 0.437. The van der Waals surface area contributed by atoms with Crippen molar-refractivity contribution in [2.45, 2.75) is 33.1 Å². The van der Waals surface area contributed by atoms with Crippen molar-refractivity contribution in [2.75, 3.05) is 0 Å². The number of hydrogen-bond acceptors (Lipinski definition) is 3. The molecule has 4 aromatic rings. The highest BCUT2D eigenvalue weighted by Crippen LogP contribution is 2.15. The van der Waals surface area contributed by atoms with Crippen molar-refractivity contribution in [3.05, 3.63) is 120 Å². The molecule has 0 aliphatic heterocycles. The second kappa shape index (κ2) is 9.30. The summed E-state index contributed by atoms with van der Waals surface area (Å²) in [7, 11) is 0. The molecule has 2 aromatic carbocycles. The van der Waals surface area contributed by atoms with E-state index in [9.17, 15) is 0 Å². The smallest absolute Gasteiger partial charge is 0.0951 e. The minimum absolute atomic E-state index is 0.836. The van der Waals surface area contributed by atoms with Gasteiger partial charge in [-0.1, -0.05) is 60.2 Å². The summed E-state index contributed by atoms with van der Waals surface area (Å²) >= 11 is 0. The van der Waals surface area contributed by atoms with Gasteiger partial charge >= 0.3 is 0 Å². The monoisotopic (exact) mass is 382 g/mol. The molecule has 0 atom stereocenters. The van der Waals surface area contributed by atoms with Crippen molar-refractivity contribution in [3.8, 4) is 0 Å². The van der Waals surface area contributed by atoms with Gasteiger partial charge in [-0.25, -0.2) is 4.98 Å². The second-order valence-corrected chi connectivity index (χ2v) is 7.48. The molecule has 2 aromatic heterocycles. The largest absolute Gasteiger partial charge is 0.329 e. The molecule has 4 heteroatoms. The lowest BCUT2D eigenvalue weighted by molar-refractivity contribution is 0.241. The predicted molar refractivity (Wildman–Crippen MR) is 116 cm³/mol. The fourth-order valence-electron chi connectivity index (χ4n) is 3.50. The summed E-state index contributed by atoms with van der Waals surface area (Å²) in [5.41, 5.74) is 6.37. The van der Waals surface area contributed by atoms with E-state index in [0.717, 1.165) is 26.2 Å². The molecule has 0 radical (unpaired) electrons. The Hall–Kier alpha value is -3.24. The van der Waals surface area contributed by atoms with Gasteiger partial charge in [-0.2, -0.15) is 0 Å². The SMILES string of the molecule is Cc1ccc(CN(Cc2ccncc2)Cc2cncn2Cc2ccccc2)cc1. The summed E-state index contributed by atoms with van der Waals surface area (Å²) in [6.07, 6.45) is 7.63. The van der Waals surface area contributed by atoms with Gasteiger partial charge in [-0.15, -0.1) is 0 Å². The van der Waals surface area contributed by atoms with E-state index in [1.807, 2.05) is 24.9 Å². The normalized spacial score (nSPS) is 11.1. The molecule has 0 aliphatic carbocycles. The summed E-state index contributed by atoms with van der Waals surface area (Å²) < 4.78 is 2.24. The molecule has 0 saturated carbocycles. The third-order valence-corrected chi connectivity index (χ3v) is 5.06. The van der Waals surface area contributed by atoms with E-state index in [-0.39, 0.29) is 0 Å². The molecular weight excluding hydrogens is 356 g/mol. The van der Waals surface area contributed by atoms with Gasteiger partial charge in [0, 0.05) is 44.8 Å². The fourth-order valence-corrected chi connectivity index (χ4v) is 3.50. The summed E-state index contributed by atoms with van der Waals surface area (Å²) in [5.74, 6) is 0. The first-order valence-electron chi connectivity index (χ1n) is 9.96. The Bertz CT molecular complexity index is 1010. The summed E-state index contributed by atoms with van der Waals surface area (Å²) in [6, 6.07) is 23.5. The van der Waals surface area contributed by atoms with Gasteiger partial charge in [-0.3, -0.25) is 9.88 Å². The van der Waals surface area contributed by atoms with Gasteiger partial charge in [0.05, 0.1) is 12.0 Å². The van der Waals surface area contributed by atoms with Crippen LogP contribution in [0.5, 0.6) is 0 Å². The third-order valence-electron chi connectivity index (χ3n) is 5.06. The third kappa shape index (κ3) is 5.39. The van der Waals surface area contributed by atoms with Crippen molar-refractivity contribution >= 4 is 0 Å². The van der Waals surface area contributed by atoms with E-state index in [1.165, 1.54) is 27.9 Å². The van der Waals surface area contributed by atoms with Crippen molar-refractivity contribution in [1.82, 2.24) is 19.4 Å². The maximum atomic E-state index is 4.42. The first-order valence-corrected chi connectivity index (χ1v) is 9.96. The summed E-state index contributed by atoms with van der Waals surface area (Å²) in [6.45, 7) is 5.56. The maximum absolute atomic E-state index is 4.42. The van der Waals surface area contributed by atoms with Crippen molar-refractivity contribution in [2.24, 2.45) is 0 Å². The van der Waals surface area contributed by atoms with Crippen LogP contribution in [0, 0.1) is 6.92 Å². The average Bonchev–Trinajstić information content (AvgIpc) is 3.17. The van der Waals surface area contributed by atoms with Gasteiger partial charge < -0.3 is 4.57 Å². The van der Waals surface area contributed by atoms with Crippen LogP contribution < -0.4 is 0 Å². The Morgan fingerprint density at radius 2 is 1.41 bits per heavy atom. The van der Waals surface area contributed by atoms with Crippen LogP contribution in [0.25, 0.3) is 0 Å². The Morgan fingerprint density at radius 1 is 0.724 bits per heavy atom. The van der Waals surface area contributed by atoms with Crippen LogP contribution >= 0.6 is 0 Å². The number of imidazole rings is 1. The van der Waals surface area contributed by atoms with Crippen LogP contribution in [0.2, 0.25) is 0 Å². The Morgan fingerprint density at radius 3 is 2.14 bits per heavy atom. The molecule has 0 amide bonds. The van der Waals surface area contributed by atoms with Crippen molar-refractivity contribution < 1.29 is 0 Å². The molecule has 4 rings (SSSR count). The number of aryl methyl sites for hydroxylation is 1. The first-order chi connectivity index (χ1) is 14.3. The molecule has 0 unspecified atom stereocenters. The topological polar surface area (TPSA) is 34.0 Å². The van der Waals surface area contributed by atoms with Crippen molar-refractivity contribution in [3.63, 3.8) is 0 Å². The number of aromatic nitrogens is 3. The standard InChI is InChI=1S/C25H26N4/c1-21-7-9-23(10-8-21)16-28(17-24-11-13-26-14-12-24)19-25-15-27-20-29(25)18-22-5-3-2-4-6-22/h2-15,20H,16-19H2,1H3. The van der Waals surface area contributed by atoms with E-state index in [0.29, 0.717) is 0 Å². The molecule has 0 aliphatic rings. The highest BCUT2D eigenvalue weighted by molar-refractivity contribution is 5.22. The molecule has 0 bridgehead atoms. The van der Waals surface area contributed by atoms with Crippen LogP contribution in [0.1, 0.15) is 27.9 Å². The number of hydrogen-bond donors (Lipinski definition) is 0. The number of pyridine rings is 1. The highest BCUT2D eigenvalue weighted by Gasteiger charge is 2.12. The Balaban J connectivity index is 1.53. The lowest BCUT2D eigenvalue weighted by Gasteiger charge is -2.23. The van der Waals surface area contributed by atoms with Crippen LogP contribution in [-0.4, -0.2) is 19.4 Å². The molecule has 2 heterocycles. The number of nitrogens with zero attached hydrogens (tertiary/aromatic N) is 4. The molecule has 0 N–H and O–H groups in total. The number of benzene rings is 2. The predicted octanol–water partition coefficient (Wildman–Crippen LogP) is 4.84. The minimum atomic E-state index is 0.836. The van der Waals surface area contributed by atoms with E-state index in [1.54, 1.807) is 0 Å². The molecule has 29 heavy (non-hydrogen) atoms. The average molecular weight is 383 g/mol. The van der Waals surface area contributed by atoms with E-state index >= 15 is 0 Å². The van der Waals surface area contributed by atoms with Crippen LogP contribution in [0.3, 0.4) is 0 Å². The van der Waals surface area contributed by atoms with Gasteiger partial charge in [0.25, 0.3) is 0 Å². The zero-order valence-corrected chi connectivity index (χ0v) is 16.8. The zero-order chi connectivity index (χ0) is 19.9. The van der Waals surface area contributed by atoms with Gasteiger partial charge in [0.15, 0.2) is 0 Å². The maximum Gasteiger partial charge on any atom is 0.0951 e. The Kier molecular flexibility index (Phi) is 6.13. The molecule has 0 spiro atoms. The van der Waals surface area contributed by atoms with Crippen LogP contribution in [0.15, 0.2) is 91.6 Å². The Labute approximate surface area is 172 Å². The van der Waals surface area contributed by atoms with Gasteiger partial charge in [0.2, 0.25) is 0 Å². The van der Waals surface area contributed by atoms with E-state index < -0.39 is 0 Å². The van der Waals surface area contributed by atoms with Crippen LogP contribution in [0.4, 0.5) is 0 Å². The lowest BCUT2D eigenvalue weighted by atomic mass is 10.1. The van der Waals surface area contributed by atoms with E-state index in [2.05, 4.69) is 93.1 Å². The molecule has 0 fully saturated rings. The summed E-state index contributed by atoms with van der Waals surface area (Å²) in [4.78, 5) is 11.0. The van der Waals surface area contributed by atoms with Crippen LogP contribution in [-0.2, 0) is 26.2 Å². The number of rotatable bonds is 8. The fraction of sp³-hybridized carbons (Fsp3) is 0.200. The van der Waals surface area contributed by atoms with Gasteiger partial charge in [0.1, 0.15) is 0 Å². The second-order valence-electron chi connectivity index (χ2n) is 7.48.